The number of rotatable bonds is 10. The second-order valence-electron chi connectivity index (χ2n) is 5.42. The van der Waals surface area contributed by atoms with E-state index in [1.807, 2.05) is 0 Å². The molecule has 0 aliphatic rings. The van der Waals surface area contributed by atoms with Gasteiger partial charge in [-0.05, 0) is 13.0 Å². The number of thiol groups is 1. The molecule has 104 valence electrons. The third-order valence-corrected chi connectivity index (χ3v) is 3.60. The van der Waals surface area contributed by atoms with Crippen molar-refractivity contribution in [1.82, 2.24) is 5.32 Å². The SMILES string of the molecule is CCCCCCNCC(C(N)CN)C(C)(C)S. The lowest BCUT2D eigenvalue weighted by atomic mass is 9.87. The van der Waals surface area contributed by atoms with Gasteiger partial charge in [0.25, 0.3) is 0 Å². The molecule has 3 nitrogen and oxygen atoms in total. The van der Waals surface area contributed by atoms with Gasteiger partial charge in [0.2, 0.25) is 0 Å². The predicted molar refractivity (Wildman–Crippen MR) is 80.6 cm³/mol. The van der Waals surface area contributed by atoms with Gasteiger partial charge in [-0.15, -0.1) is 0 Å². The number of nitrogens with one attached hydrogen (secondary N) is 1. The standard InChI is InChI=1S/C13H31N3S/c1-4-5-6-7-8-16-10-11(12(15)9-14)13(2,3)17/h11-12,16-17H,4-10,14-15H2,1-3H3. The maximum atomic E-state index is 6.05. The van der Waals surface area contributed by atoms with Crippen LogP contribution >= 0.6 is 12.6 Å². The van der Waals surface area contributed by atoms with Crippen molar-refractivity contribution in [1.29, 1.82) is 0 Å². The van der Waals surface area contributed by atoms with Gasteiger partial charge in [-0.25, -0.2) is 0 Å². The van der Waals surface area contributed by atoms with Gasteiger partial charge in [-0.1, -0.05) is 40.0 Å². The molecule has 2 atom stereocenters. The first-order valence-electron chi connectivity index (χ1n) is 6.82. The Morgan fingerprint density at radius 2 is 1.88 bits per heavy atom. The zero-order chi connectivity index (χ0) is 13.3. The third kappa shape index (κ3) is 8.03. The molecule has 0 saturated heterocycles. The zero-order valence-electron chi connectivity index (χ0n) is 11.7. The summed E-state index contributed by atoms with van der Waals surface area (Å²) in [5, 5.41) is 3.48. The smallest absolute Gasteiger partial charge is 0.0217 e. The van der Waals surface area contributed by atoms with Crippen molar-refractivity contribution in [3.05, 3.63) is 0 Å². The summed E-state index contributed by atoms with van der Waals surface area (Å²) in [6, 6.07) is 0.0191. The van der Waals surface area contributed by atoms with Crippen LogP contribution in [0.4, 0.5) is 0 Å². The maximum Gasteiger partial charge on any atom is 0.0217 e. The average Bonchev–Trinajstić information content (AvgIpc) is 2.25. The molecule has 0 spiro atoms. The Kier molecular flexibility index (Phi) is 9.32. The van der Waals surface area contributed by atoms with Crippen LogP contribution in [0.2, 0.25) is 0 Å². The average molecular weight is 261 g/mol. The number of hydrogen-bond acceptors (Lipinski definition) is 4. The fraction of sp³-hybridized carbons (Fsp3) is 1.00. The molecule has 0 aromatic carbocycles. The molecule has 0 aromatic rings. The first kappa shape index (κ1) is 17.2. The molecule has 0 radical (unpaired) electrons. The molecular formula is C13H31N3S. The second kappa shape index (κ2) is 9.20. The van der Waals surface area contributed by atoms with Gasteiger partial charge >= 0.3 is 0 Å². The molecule has 2 unspecified atom stereocenters. The third-order valence-electron chi connectivity index (χ3n) is 3.27. The minimum absolute atomic E-state index is 0.0191. The lowest BCUT2D eigenvalue weighted by Gasteiger charge is -2.34. The van der Waals surface area contributed by atoms with E-state index in [0.717, 1.165) is 13.1 Å². The van der Waals surface area contributed by atoms with Crippen LogP contribution in [0, 0.1) is 5.92 Å². The van der Waals surface area contributed by atoms with Crippen molar-refractivity contribution in [3.8, 4) is 0 Å². The van der Waals surface area contributed by atoms with Gasteiger partial charge in [0, 0.05) is 29.8 Å². The van der Waals surface area contributed by atoms with Crippen molar-refractivity contribution >= 4 is 12.6 Å². The topological polar surface area (TPSA) is 64.1 Å². The van der Waals surface area contributed by atoms with Crippen molar-refractivity contribution in [3.63, 3.8) is 0 Å². The van der Waals surface area contributed by atoms with Crippen molar-refractivity contribution in [2.75, 3.05) is 19.6 Å². The quantitative estimate of drug-likeness (QED) is 0.358. The number of hydrogen-bond donors (Lipinski definition) is 4. The fourth-order valence-corrected chi connectivity index (χ4v) is 2.31. The Balaban J connectivity index is 3.86. The molecule has 17 heavy (non-hydrogen) atoms. The maximum absolute atomic E-state index is 6.05. The van der Waals surface area contributed by atoms with Gasteiger partial charge in [0.1, 0.15) is 0 Å². The Labute approximate surface area is 113 Å². The Morgan fingerprint density at radius 1 is 1.24 bits per heavy atom. The molecule has 0 aliphatic carbocycles. The highest BCUT2D eigenvalue weighted by molar-refractivity contribution is 7.81. The summed E-state index contributed by atoms with van der Waals surface area (Å²) in [4.78, 5) is 0. The molecule has 0 amide bonds. The molecule has 0 aromatic heterocycles. The van der Waals surface area contributed by atoms with E-state index in [0.29, 0.717) is 12.5 Å². The molecule has 0 aliphatic heterocycles. The highest BCUT2D eigenvalue weighted by atomic mass is 32.1. The van der Waals surface area contributed by atoms with Gasteiger partial charge in [-0.3, -0.25) is 0 Å². The molecule has 0 heterocycles. The van der Waals surface area contributed by atoms with Gasteiger partial charge in [0.15, 0.2) is 0 Å². The van der Waals surface area contributed by atoms with Crippen LogP contribution < -0.4 is 16.8 Å². The van der Waals surface area contributed by atoms with Crippen LogP contribution in [0.15, 0.2) is 0 Å². The van der Waals surface area contributed by atoms with Crippen LogP contribution in [0.3, 0.4) is 0 Å². The highest BCUT2D eigenvalue weighted by Gasteiger charge is 2.29. The van der Waals surface area contributed by atoms with Crippen molar-refractivity contribution in [2.45, 2.75) is 57.2 Å². The molecular weight excluding hydrogens is 230 g/mol. The summed E-state index contributed by atoms with van der Waals surface area (Å²) in [5.74, 6) is 0.307. The number of nitrogens with two attached hydrogens (primary N) is 2. The Bertz CT molecular complexity index is 180. The second-order valence-corrected chi connectivity index (χ2v) is 6.58. The fourth-order valence-electron chi connectivity index (χ4n) is 2.02. The predicted octanol–water partition coefficient (Wildman–Crippen LogP) is 1.77. The zero-order valence-corrected chi connectivity index (χ0v) is 12.6. The summed E-state index contributed by atoms with van der Waals surface area (Å²) in [6.07, 6.45) is 5.16. The molecule has 0 bridgehead atoms. The summed E-state index contributed by atoms with van der Waals surface area (Å²) in [6.45, 7) is 8.93. The van der Waals surface area contributed by atoms with Crippen molar-refractivity contribution < 1.29 is 0 Å². The van der Waals surface area contributed by atoms with E-state index in [-0.39, 0.29) is 10.8 Å². The van der Waals surface area contributed by atoms with E-state index in [4.69, 9.17) is 11.5 Å². The molecule has 0 saturated carbocycles. The first-order chi connectivity index (χ1) is 7.93. The van der Waals surface area contributed by atoms with Crippen LogP contribution in [0.1, 0.15) is 46.5 Å². The van der Waals surface area contributed by atoms with E-state index >= 15 is 0 Å². The Morgan fingerprint density at radius 3 is 2.35 bits per heavy atom. The van der Waals surface area contributed by atoms with E-state index in [1.54, 1.807) is 0 Å². The van der Waals surface area contributed by atoms with Gasteiger partial charge in [0.05, 0.1) is 0 Å². The summed E-state index contributed by atoms with van der Waals surface area (Å²) >= 11 is 4.63. The van der Waals surface area contributed by atoms with Crippen LogP contribution in [-0.4, -0.2) is 30.4 Å². The lowest BCUT2D eigenvalue weighted by Crippen LogP contribution is -2.50. The summed E-state index contributed by atoms with van der Waals surface area (Å²) < 4.78 is -0.0881. The monoisotopic (exact) mass is 261 g/mol. The molecule has 4 heteroatoms. The van der Waals surface area contributed by atoms with Crippen LogP contribution in [0.5, 0.6) is 0 Å². The molecule has 0 fully saturated rings. The minimum Gasteiger partial charge on any atom is -0.329 e. The molecule has 0 rings (SSSR count). The summed E-state index contributed by atoms with van der Waals surface area (Å²) in [5.41, 5.74) is 11.7. The van der Waals surface area contributed by atoms with E-state index < -0.39 is 0 Å². The number of unbranched alkanes of at least 4 members (excludes halogenated alkanes) is 3. The van der Waals surface area contributed by atoms with Gasteiger partial charge in [-0.2, -0.15) is 12.6 Å². The lowest BCUT2D eigenvalue weighted by molar-refractivity contribution is 0.335. The van der Waals surface area contributed by atoms with Crippen LogP contribution in [-0.2, 0) is 0 Å². The largest absolute Gasteiger partial charge is 0.329 e. The van der Waals surface area contributed by atoms with E-state index in [1.165, 1.54) is 25.7 Å². The highest BCUT2D eigenvalue weighted by Crippen LogP contribution is 2.25. The van der Waals surface area contributed by atoms with E-state index in [9.17, 15) is 0 Å². The summed E-state index contributed by atoms with van der Waals surface area (Å²) in [7, 11) is 0. The minimum atomic E-state index is -0.0881. The molecule has 5 N–H and O–H groups in total. The first-order valence-corrected chi connectivity index (χ1v) is 7.27. The Hall–Kier alpha value is 0.230. The normalized spacial score (nSPS) is 15.9. The van der Waals surface area contributed by atoms with E-state index in [2.05, 4.69) is 38.7 Å². The van der Waals surface area contributed by atoms with Crippen LogP contribution in [0.25, 0.3) is 0 Å². The van der Waals surface area contributed by atoms with Gasteiger partial charge < -0.3 is 16.8 Å². The van der Waals surface area contributed by atoms with Crippen molar-refractivity contribution in [2.24, 2.45) is 17.4 Å².